The van der Waals surface area contributed by atoms with Crippen LogP contribution in [0.15, 0.2) is 24.3 Å². The molecular weight excluding hydrogens is 240 g/mol. The number of aliphatic hydroxyl groups excluding tert-OH is 1. The van der Waals surface area contributed by atoms with Gasteiger partial charge in [0.1, 0.15) is 0 Å². The van der Waals surface area contributed by atoms with Crippen molar-refractivity contribution in [2.75, 3.05) is 6.61 Å². The third-order valence-electron chi connectivity index (χ3n) is 3.58. The minimum Gasteiger partial charge on any atom is -0.413 e. The Labute approximate surface area is 114 Å². The Morgan fingerprint density at radius 2 is 1.72 bits per heavy atom. The first-order valence-electron chi connectivity index (χ1n) is 6.59. The van der Waals surface area contributed by atoms with Crippen LogP contribution < -0.4 is 0 Å². The molecule has 2 nitrogen and oxygen atoms in total. The fraction of sp³-hybridized carbons (Fsp3) is 0.733. The molecule has 0 amide bonds. The molecule has 0 aromatic heterocycles. The lowest BCUT2D eigenvalue weighted by atomic mass is 10.0. The molecule has 0 saturated carbocycles. The monoisotopic (exact) mass is 270 g/mol. The molecule has 0 aliphatic carbocycles. The fourth-order valence-electron chi connectivity index (χ4n) is 1.52. The Bertz CT molecular complexity index is 300. The summed E-state index contributed by atoms with van der Waals surface area (Å²) in [5.74, 6) is 0. The van der Waals surface area contributed by atoms with E-state index in [1.165, 1.54) is 0 Å². The summed E-state index contributed by atoms with van der Waals surface area (Å²) in [6, 6.07) is 0. The molecule has 0 saturated heterocycles. The summed E-state index contributed by atoms with van der Waals surface area (Å²) in [5.41, 5.74) is 1.95. The van der Waals surface area contributed by atoms with Gasteiger partial charge in [-0.1, -0.05) is 32.9 Å². The van der Waals surface area contributed by atoms with E-state index in [2.05, 4.69) is 47.0 Å². The largest absolute Gasteiger partial charge is 0.413 e. The molecule has 0 aromatic rings. The zero-order chi connectivity index (χ0) is 14.6. The summed E-state index contributed by atoms with van der Waals surface area (Å²) in [6.45, 7) is 21.1. The molecule has 0 radical (unpaired) electrons. The fourth-order valence-corrected chi connectivity index (χ4v) is 2.88. The van der Waals surface area contributed by atoms with Crippen LogP contribution in [0.1, 0.15) is 40.5 Å². The van der Waals surface area contributed by atoms with Crippen molar-refractivity contribution in [1.29, 1.82) is 0 Å². The number of aliphatic hydroxyl groups is 1. The highest BCUT2D eigenvalue weighted by atomic mass is 28.4. The summed E-state index contributed by atoms with van der Waals surface area (Å²) in [7, 11) is -1.78. The first kappa shape index (κ1) is 17.6. The van der Waals surface area contributed by atoms with Crippen molar-refractivity contribution in [2.45, 2.75) is 64.8 Å². The maximum absolute atomic E-state index is 9.11. The van der Waals surface area contributed by atoms with Gasteiger partial charge in [-0.15, -0.1) is 6.58 Å². The first-order valence-corrected chi connectivity index (χ1v) is 9.50. The van der Waals surface area contributed by atoms with Crippen LogP contribution in [-0.4, -0.2) is 26.1 Å². The van der Waals surface area contributed by atoms with E-state index in [1.54, 1.807) is 0 Å². The third kappa shape index (κ3) is 5.98. The van der Waals surface area contributed by atoms with Gasteiger partial charge in [-0.25, -0.2) is 0 Å². The van der Waals surface area contributed by atoms with Crippen LogP contribution >= 0.6 is 0 Å². The van der Waals surface area contributed by atoms with Crippen molar-refractivity contribution in [1.82, 2.24) is 0 Å². The van der Waals surface area contributed by atoms with Gasteiger partial charge in [0, 0.05) is 0 Å². The Morgan fingerprint density at radius 3 is 2.06 bits per heavy atom. The lowest BCUT2D eigenvalue weighted by Gasteiger charge is -2.39. The highest BCUT2D eigenvalue weighted by molar-refractivity contribution is 6.74. The van der Waals surface area contributed by atoms with Gasteiger partial charge in [-0.05, 0) is 43.5 Å². The minimum absolute atomic E-state index is 0.0353. The van der Waals surface area contributed by atoms with Crippen molar-refractivity contribution < 1.29 is 9.53 Å². The second-order valence-electron chi connectivity index (χ2n) is 6.77. The Morgan fingerprint density at radius 1 is 1.22 bits per heavy atom. The van der Waals surface area contributed by atoms with Crippen LogP contribution in [0.5, 0.6) is 0 Å². The van der Waals surface area contributed by atoms with E-state index in [-0.39, 0.29) is 17.7 Å². The average molecular weight is 270 g/mol. The minimum atomic E-state index is -1.78. The summed E-state index contributed by atoms with van der Waals surface area (Å²) >= 11 is 0. The molecule has 106 valence electrons. The lowest BCUT2D eigenvalue weighted by Crippen LogP contribution is -2.44. The Balaban J connectivity index is 4.78. The van der Waals surface area contributed by atoms with E-state index in [4.69, 9.17) is 9.53 Å². The van der Waals surface area contributed by atoms with Crippen molar-refractivity contribution in [2.24, 2.45) is 0 Å². The standard InChI is InChI=1S/C15H30O2Si/c1-12(2)9-14(10-13(3)11-16)17-18(7,8)15(4,5)6/h14,16H,1,3,9-11H2,2,4-8H3. The zero-order valence-electron chi connectivity index (χ0n) is 13.0. The van der Waals surface area contributed by atoms with E-state index < -0.39 is 8.32 Å². The van der Waals surface area contributed by atoms with Crippen LogP contribution in [0.4, 0.5) is 0 Å². The predicted molar refractivity (Wildman–Crippen MR) is 82.3 cm³/mol. The van der Waals surface area contributed by atoms with Crippen LogP contribution in [0, 0.1) is 0 Å². The maximum atomic E-state index is 9.11. The van der Waals surface area contributed by atoms with Gasteiger partial charge in [0.15, 0.2) is 8.32 Å². The van der Waals surface area contributed by atoms with Crippen molar-refractivity contribution in [3.63, 3.8) is 0 Å². The molecule has 0 aliphatic heterocycles. The lowest BCUT2D eigenvalue weighted by molar-refractivity contribution is 0.175. The SMILES string of the molecule is C=C(C)CC(CC(=C)CO)O[Si](C)(C)C(C)(C)C. The van der Waals surface area contributed by atoms with E-state index >= 15 is 0 Å². The molecule has 0 rings (SSSR count). The highest BCUT2D eigenvalue weighted by Gasteiger charge is 2.39. The molecule has 0 heterocycles. The van der Waals surface area contributed by atoms with E-state index in [9.17, 15) is 0 Å². The molecule has 0 spiro atoms. The smallest absolute Gasteiger partial charge is 0.192 e. The average Bonchev–Trinajstić information content (AvgIpc) is 2.13. The topological polar surface area (TPSA) is 29.5 Å². The molecule has 1 N–H and O–H groups in total. The summed E-state index contributed by atoms with van der Waals surface area (Å²) in [6.07, 6.45) is 1.66. The van der Waals surface area contributed by atoms with E-state index in [0.29, 0.717) is 0 Å². The summed E-state index contributed by atoms with van der Waals surface area (Å²) in [4.78, 5) is 0. The van der Waals surface area contributed by atoms with Gasteiger partial charge < -0.3 is 9.53 Å². The van der Waals surface area contributed by atoms with Gasteiger partial charge in [0.2, 0.25) is 0 Å². The second kappa shape index (κ2) is 6.69. The van der Waals surface area contributed by atoms with Gasteiger partial charge >= 0.3 is 0 Å². The van der Waals surface area contributed by atoms with E-state index in [0.717, 1.165) is 24.0 Å². The molecule has 3 heteroatoms. The van der Waals surface area contributed by atoms with Gasteiger partial charge in [-0.3, -0.25) is 0 Å². The zero-order valence-corrected chi connectivity index (χ0v) is 14.0. The summed E-state index contributed by atoms with van der Waals surface area (Å²) < 4.78 is 6.39. The molecule has 1 unspecified atom stereocenters. The number of rotatable bonds is 7. The quantitative estimate of drug-likeness (QED) is 0.552. The normalized spacial score (nSPS) is 14.4. The van der Waals surface area contributed by atoms with Crippen LogP contribution in [0.25, 0.3) is 0 Å². The number of hydrogen-bond acceptors (Lipinski definition) is 2. The van der Waals surface area contributed by atoms with Crippen molar-refractivity contribution >= 4 is 8.32 Å². The van der Waals surface area contributed by atoms with Gasteiger partial charge in [0.25, 0.3) is 0 Å². The van der Waals surface area contributed by atoms with Crippen molar-refractivity contribution in [3.05, 3.63) is 24.3 Å². The van der Waals surface area contributed by atoms with Gasteiger partial charge in [0.05, 0.1) is 12.7 Å². The Kier molecular flexibility index (Phi) is 6.55. The third-order valence-corrected chi connectivity index (χ3v) is 8.12. The first-order chi connectivity index (χ1) is 7.99. The van der Waals surface area contributed by atoms with Gasteiger partial charge in [-0.2, -0.15) is 0 Å². The molecule has 0 fully saturated rings. The molecule has 0 aliphatic rings. The van der Waals surface area contributed by atoms with Crippen molar-refractivity contribution in [3.8, 4) is 0 Å². The molecular formula is C15H30O2Si. The predicted octanol–water partition coefficient (Wildman–Crippen LogP) is 4.28. The second-order valence-corrected chi connectivity index (χ2v) is 11.5. The number of hydrogen-bond donors (Lipinski definition) is 1. The molecule has 0 bridgehead atoms. The maximum Gasteiger partial charge on any atom is 0.192 e. The van der Waals surface area contributed by atoms with Crippen LogP contribution in [0.3, 0.4) is 0 Å². The van der Waals surface area contributed by atoms with Crippen LogP contribution in [0.2, 0.25) is 18.1 Å². The summed E-state index contributed by atoms with van der Waals surface area (Å²) in [5, 5.41) is 9.31. The highest BCUT2D eigenvalue weighted by Crippen LogP contribution is 2.38. The molecule has 0 aromatic carbocycles. The van der Waals surface area contributed by atoms with E-state index in [1.807, 2.05) is 6.92 Å². The Hall–Kier alpha value is -0.383. The molecule has 1 atom stereocenters. The van der Waals surface area contributed by atoms with Crippen LogP contribution in [-0.2, 0) is 4.43 Å². The molecule has 18 heavy (non-hydrogen) atoms.